The average Bonchev–Trinajstić information content (AvgIpc) is 3.23. The molecule has 276 valence electrons. The Labute approximate surface area is 322 Å². The number of benzene rings is 6. The first-order valence-corrected chi connectivity index (χ1v) is 20.3. The molecule has 2 aliphatic rings. The zero-order chi connectivity index (χ0) is 37.9. The van der Waals surface area contributed by atoms with Crippen LogP contribution in [0.5, 0.6) is 0 Å². The smallest absolute Gasteiger partial charge is 0.239 e. The van der Waals surface area contributed by atoms with Gasteiger partial charge in [-0.1, -0.05) is 182 Å². The van der Waals surface area contributed by atoms with E-state index in [1.165, 1.54) is 0 Å². The Hall–Kier alpha value is -5.87. The first kappa shape index (κ1) is 36.1. The Morgan fingerprint density at radius 3 is 0.818 bits per heavy atom. The van der Waals surface area contributed by atoms with Gasteiger partial charge in [-0.2, -0.15) is 0 Å². The molecule has 2 saturated heterocycles. The Bertz CT molecular complexity index is 1990. The lowest BCUT2D eigenvalue weighted by atomic mass is 9.75. The number of sulfone groups is 1. The lowest BCUT2D eigenvalue weighted by molar-refractivity contribution is -0.132. The number of hydrogen-bond donors (Lipinski definition) is 4. The number of rotatable bonds is 14. The van der Waals surface area contributed by atoms with E-state index in [9.17, 15) is 18.0 Å². The fourth-order valence-corrected chi connectivity index (χ4v) is 9.99. The summed E-state index contributed by atoms with van der Waals surface area (Å²) in [5.41, 5.74) is 3.58. The molecule has 6 aromatic carbocycles. The van der Waals surface area contributed by atoms with Crippen molar-refractivity contribution in [1.29, 1.82) is 0 Å². The van der Waals surface area contributed by atoms with Gasteiger partial charge in [-0.3, -0.25) is 20.2 Å². The average molecular weight is 747 g/mol. The van der Waals surface area contributed by atoms with Crippen molar-refractivity contribution >= 4 is 21.7 Å². The van der Waals surface area contributed by atoms with Gasteiger partial charge in [0.2, 0.25) is 11.8 Å². The van der Waals surface area contributed by atoms with Crippen molar-refractivity contribution in [2.75, 3.05) is 11.5 Å². The largest absolute Gasteiger partial charge is 0.349 e. The maximum absolute atomic E-state index is 14.1. The van der Waals surface area contributed by atoms with Crippen LogP contribution in [0.2, 0.25) is 0 Å². The molecule has 8 nitrogen and oxygen atoms in total. The lowest BCUT2D eigenvalue weighted by Gasteiger charge is -2.47. The van der Waals surface area contributed by atoms with Crippen molar-refractivity contribution < 1.29 is 18.0 Å². The third-order valence-electron chi connectivity index (χ3n) is 10.9. The predicted octanol–water partition coefficient (Wildman–Crippen LogP) is 5.30. The molecule has 8 rings (SSSR count). The first-order valence-electron chi connectivity index (χ1n) is 18.5. The van der Waals surface area contributed by atoms with Gasteiger partial charge in [0, 0.05) is 0 Å². The van der Waals surface area contributed by atoms with Crippen LogP contribution >= 0.6 is 0 Å². The molecule has 0 aliphatic carbocycles. The Morgan fingerprint density at radius 1 is 0.400 bits per heavy atom. The van der Waals surface area contributed by atoms with Crippen molar-refractivity contribution in [3.8, 4) is 0 Å². The van der Waals surface area contributed by atoms with Crippen LogP contribution < -0.4 is 21.3 Å². The van der Waals surface area contributed by atoms with E-state index in [1.807, 2.05) is 182 Å². The van der Waals surface area contributed by atoms with E-state index < -0.39 is 45.1 Å². The molecule has 0 saturated carbocycles. The zero-order valence-corrected chi connectivity index (χ0v) is 30.9. The molecule has 0 radical (unpaired) electrons. The first-order chi connectivity index (χ1) is 26.8. The second-order valence-corrected chi connectivity index (χ2v) is 16.4. The summed E-state index contributed by atoms with van der Waals surface area (Å²) >= 11 is 0. The van der Waals surface area contributed by atoms with Crippen molar-refractivity contribution in [3.05, 3.63) is 215 Å². The molecule has 2 aliphatic heterocycles. The van der Waals surface area contributed by atoms with Crippen LogP contribution in [-0.4, -0.2) is 55.9 Å². The molecule has 2 fully saturated rings. The molecular weight excluding hydrogens is 705 g/mol. The molecule has 0 unspecified atom stereocenters. The molecule has 0 aromatic heterocycles. The van der Waals surface area contributed by atoms with Gasteiger partial charge in [-0.15, -0.1) is 0 Å². The SMILES string of the molecule is O=C1N[C@@H](CS(=O)(=O)C[C@@H]2NC(=O)[C@@H]2NC(c2ccccc2)(c2ccccc2)c2ccccc2)[C@H]1NC(c1ccccc1)(c1ccccc1)c1ccccc1. The van der Waals surface area contributed by atoms with Crippen molar-refractivity contribution in [2.24, 2.45) is 0 Å². The molecule has 9 heteroatoms. The topological polar surface area (TPSA) is 116 Å². The predicted molar refractivity (Wildman–Crippen MR) is 215 cm³/mol. The van der Waals surface area contributed by atoms with Crippen LogP contribution in [0.3, 0.4) is 0 Å². The van der Waals surface area contributed by atoms with Crippen molar-refractivity contribution in [3.63, 3.8) is 0 Å². The molecule has 55 heavy (non-hydrogen) atoms. The zero-order valence-electron chi connectivity index (χ0n) is 30.1. The van der Waals surface area contributed by atoms with E-state index in [4.69, 9.17) is 0 Å². The normalized spacial score (nSPS) is 19.7. The quantitative estimate of drug-likeness (QED) is 0.0889. The summed E-state index contributed by atoms with van der Waals surface area (Å²) in [6.07, 6.45) is 0. The molecule has 0 bridgehead atoms. The number of β-lactam (4-membered cyclic amide) rings is 2. The summed E-state index contributed by atoms with van der Waals surface area (Å²) in [5.74, 6) is -1.15. The van der Waals surface area contributed by atoms with Crippen LogP contribution in [0.25, 0.3) is 0 Å². The molecule has 0 spiro atoms. The highest BCUT2D eigenvalue weighted by Gasteiger charge is 2.51. The van der Waals surface area contributed by atoms with E-state index >= 15 is 0 Å². The van der Waals surface area contributed by atoms with Crippen LogP contribution in [-0.2, 0) is 30.5 Å². The molecular formula is C46H42N4O4S. The minimum atomic E-state index is -3.82. The van der Waals surface area contributed by atoms with Crippen LogP contribution in [0, 0.1) is 0 Å². The summed E-state index contributed by atoms with van der Waals surface area (Å²) in [5, 5.41) is 13.1. The number of amides is 2. The maximum atomic E-state index is 14.1. The van der Waals surface area contributed by atoms with Crippen LogP contribution in [0.15, 0.2) is 182 Å². The van der Waals surface area contributed by atoms with Crippen molar-refractivity contribution in [1.82, 2.24) is 21.3 Å². The molecule has 2 heterocycles. The molecule has 4 atom stereocenters. The second-order valence-electron chi connectivity index (χ2n) is 14.2. The van der Waals surface area contributed by atoms with E-state index in [1.54, 1.807) is 0 Å². The summed E-state index contributed by atoms with van der Waals surface area (Å²) in [4.78, 5) is 26.8. The fraction of sp³-hybridized carbons (Fsp3) is 0.174. The number of carbonyl (C=O) groups excluding carboxylic acids is 2. The van der Waals surface area contributed by atoms with Gasteiger partial charge < -0.3 is 10.6 Å². The molecule has 6 aromatic rings. The standard InChI is InChI=1S/C46H42N4O4S/c51-43-41(49-45(33-19-7-1-8-20-33,34-21-9-2-10-22-34)35-23-11-3-12-24-35)39(47-43)31-55(53,54)32-40-42(44(52)48-40)50-46(36-25-13-4-14-26-36,37-27-15-5-16-28-37)38-29-17-6-18-30-38/h1-30,39-42,49-50H,31-32H2,(H,47,51)(H,48,52)/t39-,40-,41+,42+/m0/s1. The van der Waals surface area contributed by atoms with Gasteiger partial charge in [0.15, 0.2) is 9.84 Å². The Balaban J connectivity index is 1.08. The minimum Gasteiger partial charge on any atom is -0.349 e. The summed E-state index contributed by atoms with van der Waals surface area (Å²) < 4.78 is 28.3. The second kappa shape index (κ2) is 15.1. The summed E-state index contributed by atoms with van der Waals surface area (Å²) in [6.45, 7) is 0. The van der Waals surface area contributed by atoms with Gasteiger partial charge in [0.1, 0.15) is 12.1 Å². The fourth-order valence-electron chi connectivity index (χ4n) is 8.20. The monoisotopic (exact) mass is 746 g/mol. The molecule has 4 N–H and O–H groups in total. The Kier molecular flexibility index (Phi) is 9.92. The number of carbonyl (C=O) groups is 2. The van der Waals surface area contributed by atoms with Gasteiger partial charge in [0.05, 0.1) is 34.7 Å². The third-order valence-corrected chi connectivity index (χ3v) is 12.6. The minimum absolute atomic E-state index is 0.276. The van der Waals surface area contributed by atoms with E-state index in [0.717, 1.165) is 33.4 Å². The van der Waals surface area contributed by atoms with E-state index in [0.29, 0.717) is 0 Å². The summed E-state index contributed by atoms with van der Waals surface area (Å²) in [7, 11) is -3.82. The third kappa shape index (κ3) is 6.87. The van der Waals surface area contributed by atoms with Gasteiger partial charge in [0.25, 0.3) is 0 Å². The highest BCUT2D eigenvalue weighted by atomic mass is 32.2. The highest BCUT2D eigenvalue weighted by Crippen LogP contribution is 2.40. The maximum Gasteiger partial charge on any atom is 0.239 e. The van der Waals surface area contributed by atoms with Crippen molar-refractivity contribution in [2.45, 2.75) is 35.2 Å². The lowest BCUT2D eigenvalue weighted by Crippen LogP contribution is -2.75. The van der Waals surface area contributed by atoms with Gasteiger partial charge >= 0.3 is 0 Å². The Morgan fingerprint density at radius 2 is 0.618 bits per heavy atom. The number of nitrogens with one attached hydrogen (secondary N) is 4. The van der Waals surface area contributed by atoms with E-state index in [-0.39, 0.29) is 23.3 Å². The van der Waals surface area contributed by atoms with Crippen LogP contribution in [0.4, 0.5) is 0 Å². The number of hydrogen-bond acceptors (Lipinski definition) is 6. The molecule has 2 amide bonds. The summed E-state index contributed by atoms with van der Waals surface area (Å²) in [6, 6.07) is 56.3. The highest BCUT2D eigenvalue weighted by molar-refractivity contribution is 7.91. The van der Waals surface area contributed by atoms with Gasteiger partial charge in [-0.05, 0) is 33.4 Å². The van der Waals surface area contributed by atoms with Gasteiger partial charge in [-0.25, -0.2) is 8.42 Å². The van der Waals surface area contributed by atoms with Crippen LogP contribution in [0.1, 0.15) is 33.4 Å². The van der Waals surface area contributed by atoms with E-state index in [2.05, 4.69) is 21.3 Å².